The minimum atomic E-state index is -0.592. The molecule has 0 N–H and O–H groups in total. The third-order valence-corrected chi connectivity index (χ3v) is 6.46. The molecule has 2 saturated heterocycles. The van der Waals surface area contributed by atoms with E-state index in [0.717, 1.165) is 25.3 Å². The van der Waals surface area contributed by atoms with Crippen LogP contribution in [0.3, 0.4) is 0 Å². The van der Waals surface area contributed by atoms with Crippen LogP contribution in [0.5, 0.6) is 0 Å². The van der Waals surface area contributed by atoms with E-state index in [0.29, 0.717) is 18.3 Å². The highest BCUT2D eigenvalue weighted by Gasteiger charge is 2.55. The lowest BCUT2D eigenvalue weighted by Crippen LogP contribution is -2.64. The Morgan fingerprint density at radius 2 is 1.90 bits per heavy atom. The molecule has 4 rings (SSSR count). The second-order valence-corrected chi connectivity index (χ2v) is 8.38. The van der Waals surface area contributed by atoms with E-state index in [2.05, 4.69) is 4.90 Å². The van der Waals surface area contributed by atoms with Gasteiger partial charge in [-0.1, -0.05) is 23.6 Å². The zero-order chi connectivity index (χ0) is 21.4. The maximum Gasteiger partial charge on any atom is 0.416 e. The number of aliphatic imine (C=N–C) groups is 1. The van der Waals surface area contributed by atoms with Crippen molar-refractivity contribution in [2.45, 2.75) is 52.1 Å². The summed E-state index contributed by atoms with van der Waals surface area (Å²) in [4.78, 5) is 36.2. The number of urea groups is 1. The number of likely N-dealkylation sites (tertiary alicyclic amines) is 1. The lowest BCUT2D eigenvalue weighted by Gasteiger charge is -2.35. The Kier molecular flexibility index (Phi) is 5.73. The molecule has 4 aliphatic rings. The van der Waals surface area contributed by atoms with Crippen molar-refractivity contribution in [1.29, 1.82) is 0 Å². The summed E-state index contributed by atoms with van der Waals surface area (Å²) < 4.78 is 2.03. The molecule has 0 aromatic carbocycles. The molecule has 30 heavy (non-hydrogen) atoms. The quantitative estimate of drug-likeness (QED) is 0.500. The molecule has 9 heteroatoms. The molecule has 2 fully saturated rings. The van der Waals surface area contributed by atoms with Gasteiger partial charge in [0.1, 0.15) is 12.6 Å². The Bertz CT molecular complexity index is 853. The zero-order valence-electron chi connectivity index (χ0n) is 18.4. The molecule has 2 unspecified atom stereocenters. The van der Waals surface area contributed by atoms with Crippen molar-refractivity contribution in [1.82, 2.24) is 19.7 Å². The number of rotatable bonds is 5. The van der Waals surface area contributed by atoms with Crippen LogP contribution in [0, 0.1) is 0 Å². The number of carbonyl (C=O) groups excluding carboxylic acids is 2. The van der Waals surface area contributed by atoms with Gasteiger partial charge in [0.2, 0.25) is 11.9 Å². The number of fused-ring (bicyclic) bond motifs is 2. The maximum absolute atomic E-state index is 13.3. The van der Waals surface area contributed by atoms with Crippen molar-refractivity contribution in [2.24, 2.45) is 10.1 Å². The lowest BCUT2D eigenvalue weighted by molar-refractivity contribution is -0.559. The number of allylic oxidation sites excluding steroid dienone is 1. The van der Waals surface area contributed by atoms with Crippen LogP contribution < -0.4 is 0 Å². The maximum atomic E-state index is 13.3. The van der Waals surface area contributed by atoms with E-state index in [1.54, 1.807) is 7.05 Å². The average Bonchev–Trinajstić information content (AvgIpc) is 3.16. The third-order valence-electron chi connectivity index (χ3n) is 6.46. The summed E-state index contributed by atoms with van der Waals surface area (Å²) in [6.07, 6.45) is 7.47. The van der Waals surface area contributed by atoms with Gasteiger partial charge in [-0.2, -0.15) is 0 Å². The first-order valence-corrected chi connectivity index (χ1v) is 10.9. The van der Waals surface area contributed by atoms with Gasteiger partial charge in [-0.15, -0.1) is 10.1 Å². The summed E-state index contributed by atoms with van der Waals surface area (Å²) in [5.41, 5.74) is 0.946. The van der Waals surface area contributed by atoms with Gasteiger partial charge in [0, 0.05) is 20.1 Å². The van der Waals surface area contributed by atoms with Gasteiger partial charge < -0.3 is 4.90 Å². The number of nitrogens with zero attached hydrogens (tertiary/aromatic N) is 7. The second-order valence-electron chi connectivity index (χ2n) is 8.38. The van der Waals surface area contributed by atoms with Crippen molar-refractivity contribution in [2.75, 3.05) is 39.8 Å². The van der Waals surface area contributed by atoms with Crippen LogP contribution in [0.4, 0.5) is 4.79 Å². The molecule has 0 aromatic rings. The van der Waals surface area contributed by atoms with Crippen LogP contribution in [-0.4, -0.2) is 106 Å². The van der Waals surface area contributed by atoms with Gasteiger partial charge in [-0.25, -0.2) is 9.37 Å². The topological polar surface area (TPSA) is 74.8 Å². The van der Waals surface area contributed by atoms with E-state index in [4.69, 9.17) is 10.1 Å². The predicted molar refractivity (Wildman–Crippen MR) is 116 cm³/mol. The van der Waals surface area contributed by atoms with Crippen LogP contribution in [0.2, 0.25) is 0 Å². The highest BCUT2D eigenvalue weighted by atomic mass is 16.2. The first kappa shape index (κ1) is 20.7. The number of guanidine groups is 1. The Morgan fingerprint density at radius 3 is 2.60 bits per heavy atom. The largest absolute Gasteiger partial charge is 0.416 e. The van der Waals surface area contributed by atoms with Crippen molar-refractivity contribution in [3.8, 4) is 0 Å². The second kappa shape index (κ2) is 8.29. The average molecular weight is 415 g/mol. The molecule has 162 valence electrons. The SMILES string of the molecule is C/C=C/CN1C(=O)C2C(=NC3=[N+]2C(C)C(C)=NN3CCN2CCCCC2)N(C)C1=O. The molecule has 0 bridgehead atoms. The number of imide groups is 1. The molecule has 3 amide bonds. The Morgan fingerprint density at radius 1 is 1.17 bits per heavy atom. The smallest absolute Gasteiger partial charge is 0.300 e. The monoisotopic (exact) mass is 414 g/mol. The number of likely N-dealkylation sites (N-methyl/N-ethyl adjacent to an activating group) is 1. The van der Waals surface area contributed by atoms with Crippen LogP contribution >= 0.6 is 0 Å². The van der Waals surface area contributed by atoms with Crippen LogP contribution in [-0.2, 0) is 4.79 Å². The number of hydrazone groups is 1. The summed E-state index contributed by atoms with van der Waals surface area (Å²) in [5.74, 6) is 0.949. The number of hydrogen-bond donors (Lipinski definition) is 0. The molecule has 0 radical (unpaired) electrons. The van der Waals surface area contributed by atoms with Gasteiger partial charge in [0.25, 0.3) is 5.91 Å². The molecular weight excluding hydrogens is 382 g/mol. The van der Waals surface area contributed by atoms with Crippen molar-refractivity contribution >= 4 is 29.4 Å². The zero-order valence-corrected chi connectivity index (χ0v) is 18.4. The van der Waals surface area contributed by atoms with E-state index in [1.165, 1.54) is 29.1 Å². The molecule has 0 aromatic heterocycles. The Hall–Kier alpha value is -2.55. The van der Waals surface area contributed by atoms with E-state index in [9.17, 15) is 9.59 Å². The van der Waals surface area contributed by atoms with Gasteiger partial charge in [-0.3, -0.25) is 14.6 Å². The Labute approximate surface area is 178 Å². The number of hydrogen-bond acceptors (Lipinski definition) is 6. The summed E-state index contributed by atoms with van der Waals surface area (Å²) in [6.45, 7) is 10.1. The number of piperidine rings is 1. The van der Waals surface area contributed by atoms with Crippen LogP contribution in [0.25, 0.3) is 0 Å². The van der Waals surface area contributed by atoms with Crippen molar-refractivity contribution < 1.29 is 14.2 Å². The lowest BCUT2D eigenvalue weighted by atomic mass is 10.1. The number of amidine groups is 1. The van der Waals surface area contributed by atoms with Crippen LogP contribution in [0.15, 0.2) is 22.2 Å². The first-order valence-electron chi connectivity index (χ1n) is 10.9. The van der Waals surface area contributed by atoms with Gasteiger partial charge >= 0.3 is 12.0 Å². The predicted octanol–water partition coefficient (Wildman–Crippen LogP) is 1.17. The van der Waals surface area contributed by atoms with E-state index >= 15 is 0 Å². The van der Waals surface area contributed by atoms with Crippen molar-refractivity contribution in [3.05, 3.63) is 12.2 Å². The molecule has 0 saturated carbocycles. The summed E-state index contributed by atoms with van der Waals surface area (Å²) in [5, 5.41) is 6.70. The molecular formula is C21H32N7O2+. The molecule has 0 spiro atoms. The highest BCUT2D eigenvalue weighted by Crippen LogP contribution is 2.25. The molecule has 0 aliphatic carbocycles. The van der Waals surface area contributed by atoms with Gasteiger partial charge in [0.15, 0.2) is 0 Å². The third kappa shape index (κ3) is 3.45. The van der Waals surface area contributed by atoms with Gasteiger partial charge in [0.05, 0.1) is 5.71 Å². The Balaban J connectivity index is 1.62. The summed E-state index contributed by atoms with van der Waals surface area (Å²) in [6, 6.07) is -0.990. The number of carbonyl (C=O) groups is 2. The fraction of sp³-hybridized carbons (Fsp3) is 0.667. The highest BCUT2D eigenvalue weighted by molar-refractivity contribution is 6.23. The van der Waals surface area contributed by atoms with Gasteiger partial charge in [-0.05, 0) is 46.7 Å². The molecule has 9 nitrogen and oxygen atoms in total. The minimum absolute atomic E-state index is 0.0633. The molecule has 4 aliphatic heterocycles. The molecule has 4 heterocycles. The first-order chi connectivity index (χ1) is 14.4. The normalized spacial score (nSPS) is 27.7. The summed E-state index contributed by atoms with van der Waals surface area (Å²) >= 11 is 0. The van der Waals surface area contributed by atoms with Crippen molar-refractivity contribution in [3.63, 3.8) is 0 Å². The minimum Gasteiger partial charge on any atom is -0.300 e. The fourth-order valence-corrected chi connectivity index (χ4v) is 4.53. The fourth-order valence-electron chi connectivity index (χ4n) is 4.53. The number of amides is 3. The van der Waals surface area contributed by atoms with E-state index < -0.39 is 6.04 Å². The van der Waals surface area contributed by atoms with E-state index in [1.807, 2.05) is 42.5 Å². The van der Waals surface area contributed by atoms with E-state index in [-0.39, 0.29) is 24.5 Å². The standard InChI is InChI=1S/C21H32N7O2/c1-5-6-12-26-19(29)17-18(24(4)21(26)30)22-20-27(23-15(2)16(3)28(17)20)14-13-25-10-8-7-9-11-25/h5-6,16-17H,7-14H2,1-4H3/q+1/b6-5+. The molecule has 2 atom stereocenters. The summed E-state index contributed by atoms with van der Waals surface area (Å²) in [7, 11) is 1.69. The van der Waals surface area contributed by atoms with Crippen LogP contribution in [0.1, 0.15) is 40.0 Å².